The van der Waals surface area contributed by atoms with Crippen molar-refractivity contribution in [3.05, 3.63) is 39.9 Å². The molecule has 12 nitrogen and oxygen atoms in total. The van der Waals surface area contributed by atoms with Gasteiger partial charge >= 0.3 is 67.8 Å². The molecule has 0 aromatic carbocycles. The van der Waals surface area contributed by atoms with Gasteiger partial charge in [-0.05, 0) is 27.7 Å². The van der Waals surface area contributed by atoms with Crippen LogP contribution >= 0.6 is 0 Å². The molecule has 0 aliphatic carbocycles. The molecule has 2 radical (unpaired) electrons. The van der Waals surface area contributed by atoms with Gasteiger partial charge < -0.3 is 28.4 Å². The van der Waals surface area contributed by atoms with E-state index in [1.54, 1.807) is 0 Å². The van der Waals surface area contributed by atoms with E-state index in [1.165, 1.54) is 0 Å². The van der Waals surface area contributed by atoms with Gasteiger partial charge in [0.1, 0.15) is 18.3 Å². The van der Waals surface area contributed by atoms with Crippen LogP contribution in [0.2, 0.25) is 0 Å². The summed E-state index contributed by atoms with van der Waals surface area (Å²) in [5, 5.41) is 0. The Labute approximate surface area is 218 Å². The Morgan fingerprint density at radius 1 is 0.735 bits per heavy atom. The molecule has 3 saturated heterocycles. The maximum Gasteiger partial charge on any atom is 0 e. The van der Waals surface area contributed by atoms with Crippen LogP contribution in [0.3, 0.4) is 0 Å². The molecule has 0 bridgehead atoms. The number of hydrogen-bond donors (Lipinski definition) is 0. The summed E-state index contributed by atoms with van der Waals surface area (Å²) in [6.07, 6.45) is 5.55. The van der Waals surface area contributed by atoms with Crippen LogP contribution < -0.4 is 0 Å². The topological polar surface area (TPSA) is 175 Å². The molecule has 3 heterocycles. The van der Waals surface area contributed by atoms with Crippen molar-refractivity contribution in [3.63, 3.8) is 0 Å². The van der Waals surface area contributed by atoms with E-state index in [-0.39, 0.29) is 51.9 Å². The molecular formula is C20H20Co2O12. The largest absolute Gasteiger partial charge is 0 e. The second-order valence-corrected chi connectivity index (χ2v) is 6.14. The zero-order valence-electron chi connectivity index (χ0n) is 18.2. The van der Waals surface area contributed by atoms with Crippen LogP contribution in [0.5, 0.6) is 0 Å². The summed E-state index contributed by atoms with van der Waals surface area (Å²) < 4.78 is 79.2. The zero-order chi connectivity index (χ0) is 26.5. The molecule has 190 valence electrons. The van der Waals surface area contributed by atoms with Crippen LogP contribution in [-0.2, 0) is 89.9 Å². The molecule has 0 amide bonds. The Kier molecular flexibility index (Phi) is 35.5. The van der Waals surface area contributed by atoms with Crippen molar-refractivity contribution >= 4 is 0 Å². The Bertz CT molecular complexity index is 628. The van der Waals surface area contributed by atoms with E-state index >= 15 is 0 Å². The predicted octanol–water partition coefficient (Wildman–Crippen LogP) is 0.760. The third kappa shape index (κ3) is 14.8. The molecule has 3 rings (SSSR count). The van der Waals surface area contributed by atoms with Gasteiger partial charge in [0.2, 0.25) is 0 Å². The molecule has 0 saturated carbocycles. The molecule has 0 aromatic rings. The smallest absolute Gasteiger partial charge is 0 e. The van der Waals surface area contributed by atoms with Crippen LogP contribution in [0.25, 0.3) is 0 Å². The first-order chi connectivity index (χ1) is 15.3. The van der Waals surface area contributed by atoms with Gasteiger partial charge in [0.15, 0.2) is 30.1 Å². The van der Waals surface area contributed by atoms with Gasteiger partial charge in [-0.1, -0.05) is 6.42 Å². The van der Waals surface area contributed by atoms with Gasteiger partial charge in [-0.15, -0.1) is 0 Å². The third-order valence-electron chi connectivity index (χ3n) is 3.63. The second kappa shape index (κ2) is 26.2. The second-order valence-electron chi connectivity index (χ2n) is 6.14. The first-order valence-electron chi connectivity index (χ1n) is 7.98. The summed E-state index contributed by atoms with van der Waals surface area (Å²) in [6.45, 7) is 34.8. The summed E-state index contributed by atoms with van der Waals surface area (Å²) in [5.74, 6) is -1.34. The summed E-state index contributed by atoms with van der Waals surface area (Å²) in [7, 11) is 0. The molecule has 3 fully saturated rings. The van der Waals surface area contributed by atoms with Crippen LogP contribution in [-0.4, -0.2) is 48.9 Å². The standard InChI is InChI=1S/C14H20O6.6CO.2Co/c1-6-15-10-9(8-7-16-13(2,3)18-8)17-12-11(10)19-14(4,5)20-12;6*1-2;;/h1,8-12H,7H2,2-5H3;;;;;;;;/t8-,9-,10+,11-,12-;;;;;;;;/m1......../s1. The Hall–Kier alpha value is -1.39. The number of hydrogen-bond acceptors (Lipinski definition) is 6. The van der Waals surface area contributed by atoms with Crippen LogP contribution in [0.15, 0.2) is 0 Å². The first kappa shape index (κ1) is 46.0. The number of ether oxygens (including phenoxy) is 6. The fourth-order valence-electron chi connectivity index (χ4n) is 2.89. The molecule has 0 N–H and O–H groups in total. The SMILES string of the molecule is C#CO[C@@H]1[C@H]2OC(C)(C)O[C@H]2O[C@@H]1[C@H]1COC(C)(C)O1.[C-]#[O+].[C-]#[O+].[C-]#[O+].[C-]#[O+].[C-]#[O+].[C-]#[O+].[Co].[Co]. The third-order valence-corrected chi connectivity index (χ3v) is 3.63. The fourth-order valence-corrected chi connectivity index (χ4v) is 2.89. The van der Waals surface area contributed by atoms with Gasteiger partial charge in [0.05, 0.1) is 6.61 Å². The molecular weight excluding hydrogens is 550 g/mol. The zero-order valence-corrected chi connectivity index (χ0v) is 20.3. The van der Waals surface area contributed by atoms with Gasteiger partial charge in [-0.25, -0.2) is 0 Å². The van der Waals surface area contributed by atoms with Crippen LogP contribution in [0.1, 0.15) is 27.7 Å². The monoisotopic (exact) mass is 570 g/mol. The summed E-state index contributed by atoms with van der Waals surface area (Å²) >= 11 is 0. The van der Waals surface area contributed by atoms with Gasteiger partial charge in [0, 0.05) is 33.6 Å². The van der Waals surface area contributed by atoms with Crippen molar-refractivity contribution in [1.29, 1.82) is 0 Å². The quantitative estimate of drug-likeness (QED) is 0.269. The molecule has 0 unspecified atom stereocenters. The molecule has 5 atom stereocenters. The van der Waals surface area contributed by atoms with Crippen LogP contribution in [0, 0.1) is 52.4 Å². The Morgan fingerprint density at radius 2 is 1.18 bits per heavy atom. The first-order valence-corrected chi connectivity index (χ1v) is 7.98. The van der Waals surface area contributed by atoms with E-state index in [2.05, 4.69) is 46.0 Å². The fraction of sp³-hybridized carbons (Fsp3) is 0.600. The summed E-state index contributed by atoms with van der Waals surface area (Å²) in [5.41, 5.74) is 0. The summed E-state index contributed by atoms with van der Waals surface area (Å²) in [6, 6.07) is 0. The minimum Gasteiger partial charge on any atom is 0 e. The van der Waals surface area contributed by atoms with E-state index in [4.69, 9.17) is 62.8 Å². The van der Waals surface area contributed by atoms with E-state index in [9.17, 15) is 0 Å². The molecule has 3 aliphatic heterocycles. The van der Waals surface area contributed by atoms with Crippen molar-refractivity contribution in [2.45, 2.75) is 70.0 Å². The van der Waals surface area contributed by atoms with Crippen molar-refractivity contribution < 1.29 is 89.9 Å². The van der Waals surface area contributed by atoms with E-state index in [1.807, 2.05) is 27.7 Å². The van der Waals surface area contributed by atoms with Gasteiger partial charge in [-0.2, -0.15) is 0 Å². The molecule has 0 spiro atoms. The van der Waals surface area contributed by atoms with Crippen molar-refractivity contribution in [3.8, 4) is 12.5 Å². The Balaban J connectivity index is -0.000000123. The van der Waals surface area contributed by atoms with Crippen molar-refractivity contribution in [2.24, 2.45) is 0 Å². The maximum absolute atomic E-state index is 7.50. The molecule has 14 heteroatoms. The Morgan fingerprint density at radius 3 is 1.53 bits per heavy atom. The van der Waals surface area contributed by atoms with Crippen molar-refractivity contribution in [2.75, 3.05) is 6.61 Å². The number of terminal acetylenes is 1. The number of rotatable bonds is 2. The van der Waals surface area contributed by atoms with Gasteiger partial charge in [-0.3, -0.25) is 0 Å². The summed E-state index contributed by atoms with van der Waals surface area (Å²) in [4.78, 5) is 0. The van der Waals surface area contributed by atoms with Crippen LogP contribution in [0.4, 0.5) is 0 Å². The minimum absolute atomic E-state index is 0. The number of fused-ring (bicyclic) bond motifs is 1. The normalized spacial score (nSPS) is 26.9. The maximum atomic E-state index is 7.50. The van der Waals surface area contributed by atoms with E-state index in [0.717, 1.165) is 0 Å². The average Bonchev–Trinajstić information content (AvgIpc) is 3.46. The average molecular weight is 570 g/mol. The predicted molar refractivity (Wildman–Crippen MR) is 90.9 cm³/mol. The van der Waals surface area contributed by atoms with Crippen molar-refractivity contribution in [1.82, 2.24) is 0 Å². The molecule has 34 heavy (non-hydrogen) atoms. The van der Waals surface area contributed by atoms with E-state index < -0.39 is 24.0 Å². The molecule has 3 aliphatic rings. The van der Waals surface area contributed by atoms with E-state index in [0.29, 0.717) is 6.61 Å². The van der Waals surface area contributed by atoms with Gasteiger partial charge in [0.25, 0.3) is 0 Å². The minimum atomic E-state index is -0.706. The molecule has 0 aromatic heterocycles.